The Kier molecular flexibility index (Phi) is 5.12. The van der Waals surface area contributed by atoms with Crippen molar-refractivity contribution in [2.45, 2.75) is 17.7 Å². The van der Waals surface area contributed by atoms with Gasteiger partial charge in [-0.2, -0.15) is 0 Å². The van der Waals surface area contributed by atoms with Gasteiger partial charge in [-0.25, -0.2) is 26.3 Å². The van der Waals surface area contributed by atoms with Crippen LogP contribution in [0.3, 0.4) is 0 Å². The van der Waals surface area contributed by atoms with Crippen LogP contribution in [0, 0.1) is 17.5 Å². The molecule has 0 saturated heterocycles. The van der Waals surface area contributed by atoms with Gasteiger partial charge in [0.25, 0.3) is 0 Å². The van der Waals surface area contributed by atoms with Gasteiger partial charge in [0.15, 0.2) is 4.90 Å². The molecule has 0 aliphatic heterocycles. The van der Waals surface area contributed by atoms with Crippen LogP contribution in [0.5, 0.6) is 0 Å². The maximum Gasteiger partial charge on any atom is 0.246 e. The molecule has 3 N–H and O–H groups in total. The van der Waals surface area contributed by atoms with Gasteiger partial charge in [-0.3, -0.25) is 0 Å². The van der Waals surface area contributed by atoms with Crippen molar-refractivity contribution in [3.05, 3.63) is 29.6 Å². The Balaban J connectivity index is 2.92. The molecule has 0 fully saturated rings. The van der Waals surface area contributed by atoms with Crippen molar-refractivity contribution in [2.24, 2.45) is 5.73 Å². The number of rotatable bonds is 6. The van der Waals surface area contributed by atoms with E-state index in [1.54, 1.807) is 0 Å². The minimum absolute atomic E-state index is 0.00971. The summed E-state index contributed by atoms with van der Waals surface area (Å²) in [5, 5.41) is 0. The van der Waals surface area contributed by atoms with Crippen molar-refractivity contribution in [3.63, 3.8) is 0 Å². The number of benzene rings is 1. The number of unbranched alkanes of at least 4 members (excludes halogenated alkanes) is 1. The highest BCUT2D eigenvalue weighted by Gasteiger charge is 2.24. The largest absolute Gasteiger partial charge is 0.330 e. The number of nitrogens with one attached hydrogen (secondary N) is 1. The summed E-state index contributed by atoms with van der Waals surface area (Å²) in [5.41, 5.74) is 5.22. The SMILES string of the molecule is NCCCCNS(=O)(=O)c1c(F)cc(F)cc1F. The third-order valence-electron chi connectivity index (χ3n) is 2.15. The second-order valence-corrected chi connectivity index (χ2v) is 5.30. The maximum atomic E-state index is 13.3. The molecule has 0 radical (unpaired) electrons. The Bertz CT molecular complexity index is 497. The van der Waals surface area contributed by atoms with Gasteiger partial charge in [0.05, 0.1) is 0 Å². The van der Waals surface area contributed by atoms with Crippen LogP contribution in [0.15, 0.2) is 17.0 Å². The molecule has 18 heavy (non-hydrogen) atoms. The van der Waals surface area contributed by atoms with Crippen molar-refractivity contribution >= 4 is 10.0 Å². The second kappa shape index (κ2) is 6.17. The van der Waals surface area contributed by atoms with E-state index >= 15 is 0 Å². The normalized spacial score (nSPS) is 11.8. The summed E-state index contributed by atoms with van der Waals surface area (Å²) in [6, 6.07) is 0.634. The first kappa shape index (κ1) is 14.9. The van der Waals surface area contributed by atoms with Gasteiger partial charge in [0, 0.05) is 18.7 Å². The summed E-state index contributed by atoms with van der Waals surface area (Å²) in [4.78, 5) is -1.17. The monoisotopic (exact) mass is 282 g/mol. The third kappa shape index (κ3) is 3.69. The number of sulfonamides is 1. The molecule has 4 nitrogen and oxygen atoms in total. The molecule has 0 spiro atoms. The fourth-order valence-corrected chi connectivity index (χ4v) is 2.52. The Morgan fingerprint density at radius 1 is 1.11 bits per heavy atom. The zero-order chi connectivity index (χ0) is 13.8. The van der Waals surface area contributed by atoms with Crippen LogP contribution in [0.25, 0.3) is 0 Å². The summed E-state index contributed by atoms with van der Waals surface area (Å²) in [7, 11) is -4.33. The van der Waals surface area contributed by atoms with E-state index in [-0.39, 0.29) is 6.54 Å². The zero-order valence-corrected chi connectivity index (χ0v) is 10.2. The van der Waals surface area contributed by atoms with E-state index in [1.807, 2.05) is 4.72 Å². The molecule has 0 aromatic heterocycles. The standard InChI is InChI=1S/C10H13F3N2O2S/c11-7-5-8(12)10(9(13)6-7)18(16,17)15-4-2-1-3-14/h5-6,15H,1-4,14H2. The quantitative estimate of drug-likeness (QED) is 0.768. The lowest BCUT2D eigenvalue weighted by atomic mass is 10.3. The van der Waals surface area contributed by atoms with Gasteiger partial charge in [-0.15, -0.1) is 0 Å². The van der Waals surface area contributed by atoms with Crippen molar-refractivity contribution in [1.29, 1.82) is 0 Å². The predicted octanol–water partition coefficient (Wildman–Crippen LogP) is 1.12. The highest BCUT2D eigenvalue weighted by molar-refractivity contribution is 7.89. The molecule has 0 heterocycles. The summed E-state index contributed by atoms with van der Waals surface area (Å²) < 4.78 is 64.4. The molecule has 102 valence electrons. The van der Waals surface area contributed by atoms with Crippen molar-refractivity contribution in [1.82, 2.24) is 4.72 Å². The van der Waals surface area contributed by atoms with E-state index < -0.39 is 32.4 Å². The van der Waals surface area contributed by atoms with E-state index in [0.29, 0.717) is 31.5 Å². The van der Waals surface area contributed by atoms with Crippen LogP contribution in [0.4, 0.5) is 13.2 Å². The number of hydrogen-bond acceptors (Lipinski definition) is 3. The van der Waals surface area contributed by atoms with Crippen molar-refractivity contribution in [3.8, 4) is 0 Å². The van der Waals surface area contributed by atoms with Crippen molar-refractivity contribution < 1.29 is 21.6 Å². The lowest BCUT2D eigenvalue weighted by molar-refractivity contribution is 0.493. The van der Waals surface area contributed by atoms with Gasteiger partial charge >= 0.3 is 0 Å². The Labute approximate surface area is 103 Å². The van der Waals surface area contributed by atoms with Crippen LogP contribution < -0.4 is 10.5 Å². The number of nitrogens with two attached hydrogens (primary N) is 1. The maximum absolute atomic E-state index is 13.3. The van der Waals surface area contributed by atoms with Gasteiger partial charge in [0.2, 0.25) is 10.0 Å². The van der Waals surface area contributed by atoms with E-state index in [9.17, 15) is 21.6 Å². The summed E-state index contributed by atoms with van der Waals surface area (Å²) in [6.45, 7) is 0.400. The lowest BCUT2D eigenvalue weighted by Crippen LogP contribution is -2.27. The molecule has 1 aromatic rings. The third-order valence-corrected chi connectivity index (χ3v) is 3.67. The van der Waals surface area contributed by atoms with E-state index in [1.165, 1.54) is 0 Å². The molecule has 8 heteroatoms. The fourth-order valence-electron chi connectivity index (χ4n) is 1.33. The van der Waals surface area contributed by atoms with Crippen LogP contribution in [-0.4, -0.2) is 21.5 Å². The highest BCUT2D eigenvalue weighted by atomic mass is 32.2. The van der Waals surface area contributed by atoms with E-state index in [4.69, 9.17) is 5.73 Å². The molecule has 0 aliphatic carbocycles. The first-order valence-corrected chi connectivity index (χ1v) is 6.71. The number of halogens is 3. The molecular weight excluding hydrogens is 269 g/mol. The van der Waals surface area contributed by atoms with Gasteiger partial charge in [0.1, 0.15) is 17.5 Å². The Morgan fingerprint density at radius 3 is 2.17 bits per heavy atom. The van der Waals surface area contributed by atoms with Gasteiger partial charge in [-0.05, 0) is 19.4 Å². The predicted molar refractivity (Wildman–Crippen MR) is 59.8 cm³/mol. The fraction of sp³-hybridized carbons (Fsp3) is 0.400. The minimum atomic E-state index is -4.33. The first-order valence-electron chi connectivity index (χ1n) is 5.23. The molecule has 0 amide bonds. The summed E-state index contributed by atoms with van der Waals surface area (Å²) in [6.07, 6.45) is 1.02. The molecule has 0 saturated carbocycles. The smallest absolute Gasteiger partial charge is 0.246 e. The molecule has 0 unspecified atom stereocenters. The van der Waals surface area contributed by atoms with Crippen LogP contribution in [-0.2, 0) is 10.0 Å². The average Bonchev–Trinajstić information content (AvgIpc) is 2.22. The summed E-state index contributed by atoms with van der Waals surface area (Å²) >= 11 is 0. The minimum Gasteiger partial charge on any atom is -0.330 e. The Morgan fingerprint density at radius 2 is 1.67 bits per heavy atom. The first-order chi connectivity index (χ1) is 8.38. The van der Waals surface area contributed by atoms with Crippen LogP contribution in [0.2, 0.25) is 0 Å². The topological polar surface area (TPSA) is 72.2 Å². The molecule has 0 atom stereocenters. The second-order valence-electron chi connectivity index (χ2n) is 3.59. The summed E-state index contributed by atoms with van der Waals surface area (Å²) in [5.74, 6) is -4.09. The molecule has 0 aliphatic rings. The average molecular weight is 282 g/mol. The van der Waals surface area contributed by atoms with Crippen LogP contribution in [0.1, 0.15) is 12.8 Å². The van der Waals surface area contributed by atoms with Crippen molar-refractivity contribution in [2.75, 3.05) is 13.1 Å². The highest BCUT2D eigenvalue weighted by Crippen LogP contribution is 2.19. The molecule has 0 bridgehead atoms. The Hall–Kier alpha value is -1.12. The van der Waals surface area contributed by atoms with E-state index in [2.05, 4.69) is 0 Å². The lowest BCUT2D eigenvalue weighted by Gasteiger charge is -2.08. The van der Waals surface area contributed by atoms with Gasteiger partial charge < -0.3 is 5.73 Å². The number of hydrogen-bond donors (Lipinski definition) is 2. The zero-order valence-electron chi connectivity index (χ0n) is 9.42. The molecule has 1 rings (SSSR count). The van der Waals surface area contributed by atoms with E-state index in [0.717, 1.165) is 0 Å². The van der Waals surface area contributed by atoms with Crippen LogP contribution >= 0.6 is 0 Å². The molecule has 1 aromatic carbocycles. The molecular formula is C10H13F3N2O2S. The van der Waals surface area contributed by atoms with Gasteiger partial charge in [-0.1, -0.05) is 0 Å².